The second-order valence-electron chi connectivity index (χ2n) is 14.0. The normalized spacial score (nSPS) is 29.7. The topological polar surface area (TPSA) is 300 Å². The van der Waals surface area contributed by atoms with E-state index in [4.69, 9.17) is 9.84 Å². The molecule has 5 rings (SSSR count). The van der Waals surface area contributed by atoms with Crippen LogP contribution in [0, 0.1) is 12.8 Å². The lowest BCUT2D eigenvalue weighted by molar-refractivity contribution is -0.378. The predicted molar refractivity (Wildman–Crippen MR) is 177 cm³/mol. The summed E-state index contributed by atoms with van der Waals surface area (Å²) in [6.45, 7) is 7.51. The van der Waals surface area contributed by atoms with Crippen LogP contribution in [0.15, 0.2) is 6.07 Å². The van der Waals surface area contributed by atoms with E-state index in [1.165, 1.54) is 0 Å². The Labute approximate surface area is 296 Å². The Bertz CT molecular complexity index is 1880. The minimum absolute atomic E-state index is 0.0131. The summed E-state index contributed by atoms with van der Waals surface area (Å²) in [5, 5.41) is 105. The fourth-order valence-electron chi connectivity index (χ4n) is 7.21. The summed E-state index contributed by atoms with van der Waals surface area (Å²) in [6, 6.07) is 0.720. The lowest BCUT2D eigenvalue weighted by Crippen LogP contribution is -2.79. The highest BCUT2D eigenvalue weighted by molar-refractivity contribution is 6.31. The van der Waals surface area contributed by atoms with Crippen LogP contribution in [0.4, 0.5) is 0 Å². The van der Waals surface area contributed by atoms with Crippen molar-refractivity contribution < 1.29 is 79.8 Å². The summed E-state index contributed by atoms with van der Waals surface area (Å²) < 4.78 is 5.76. The van der Waals surface area contributed by atoms with E-state index >= 15 is 0 Å². The number of benzene rings is 2. The molecule has 1 amide bonds. The predicted octanol–water partition coefficient (Wildman–Crippen LogP) is 0.870. The molecule has 2 saturated heterocycles. The van der Waals surface area contributed by atoms with Gasteiger partial charge in [-0.3, -0.25) is 19.2 Å². The smallest absolute Gasteiger partial charge is 0.339 e. The molecule has 2 aromatic carbocycles. The number of carboxylic acid groups (broad SMARTS) is 2. The van der Waals surface area contributed by atoms with E-state index < -0.39 is 121 Å². The number of aromatic hydroxyl groups is 4. The van der Waals surface area contributed by atoms with Gasteiger partial charge in [0.1, 0.15) is 45.6 Å². The molecule has 2 aliphatic heterocycles. The summed E-state index contributed by atoms with van der Waals surface area (Å²) in [5.74, 6) is -9.71. The number of carbonyl (C=O) groups is 5. The second-order valence-corrected chi connectivity index (χ2v) is 14.0. The molecule has 17 nitrogen and oxygen atoms in total. The van der Waals surface area contributed by atoms with E-state index in [0.717, 1.165) is 53.5 Å². The number of amides is 1. The number of hydrogen-bond acceptors (Lipinski definition) is 14. The minimum atomic E-state index is -2.62. The van der Waals surface area contributed by atoms with Crippen LogP contribution in [-0.2, 0) is 19.9 Å². The van der Waals surface area contributed by atoms with Gasteiger partial charge in [-0.05, 0) is 52.7 Å². The quantitative estimate of drug-likeness (QED) is 0.119. The number of carboxylic acids is 2. The molecule has 17 heteroatoms. The van der Waals surface area contributed by atoms with Crippen LogP contribution >= 0.6 is 0 Å². The third-order valence-corrected chi connectivity index (χ3v) is 11.0. The number of carbonyl (C=O) groups excluding carboxylic acids is 3. The van der Waals surface area contributed by atoms with Gasteiger partial charge in [0.15, 0.2) is 23.1 Å². The average molecular weight is 734 g/mol. The number of hydrogen-bond donors (Lipinski definition) is 10. The van der Waals surface area contributed by atoms with Gasteiger partial charge >= 0.3 is 11.9 Å². The Morgan fingerprint density at radius 3 is 1.96 bits per heavy atom. The van der Waals surface area contributed by atoms with Crippen molar-refractivity contribution in [2.75, 3.05) is 19.7 Å². The van der Waals surface area contributed by atoms with Crippen molar-refractivity contribution in [3.8, 4) is 23.0 Å². The van der Waals surface area contributed by atoms with Gasteiger partial charge in [-0.1, -0.05) is 13.3 Å². The van der Waals surface area contributed by atoms with Crippen LogP contribution in [-0.4, -0.2) is 128 Å². The van der Waals surface area contributed by atoms with Gasteiger partial charge in [-0.25, -0.2) is 4.79 Å². The molecule has 0 aromatic heterocycles. The lowest BCUT2D eigenvalue weighted by atomic mass is 9.59. The largest absolute Gasteiger partial charge is 0.507 e. The third kappa shape index (κ3) is 5.63. The Hall–Kier alpha value is -4.81. The molecule has 0 saturated carbocycles. The first-order valence-corrected chi connectivity index (χ1v) is 16.3. The average Bonchev–Trinajstić information content (AvgIpc) is 3.42. The molecule has 0 bridgehead atoms. The fraction of sp³-hybridized carbons (Fsp3) is 0.514. The molecule has 2 heterocycles. The Kier molecular flexibility index (Phi) is 10.2. The highest BCUT2D eigenvalue weighted by Gasteiger charge is 2.71. The van der Waals surface area contributed by atoms with E-state index in [-0.39, 0.29) is 17.9 Å². The number of rotatable bonds is 7. The Morgan fingerprint density at radius 2 is 1.46 bits per heavy atom. The molecule has 6 atom stereocenters. The van der Waals surface area contributed by atoms with Crippen molar-refractivity contribution >= 4 is 29.4 Å². The van der Waals surface area contributed by atoms with Gasteiger partial charge in [0, 0.05) is 30.6 Å². The molecule has 3 unspecified atom stereocenters. The number of ether oxygens (including phenoxy) is 1. The summed E-state index contributed by atoms with van der Waals surface area (Å²) in [7, 11) is 0. The monoisotopic (exact) mass is 733 g/mol. The summed E-state index contributed by atoms with van der Waals surface area (Å²) in [4.78, 5) is 62.2. The summed E-state index contributed by atoms with van der Waals surface area (Å²) in [5.41, 5.74) is -14.5. The molecule has 52 heavy (non-hydrogen) atoms. The maximum atomic E-state index is 13.7. The molecule has 1 aliphatic carbocycles. The molecule has 0 radical (unpaired) electrons. The van der Waals surface area contributed by atoms with Crippen molar-refractivity contribution in [1.29, 1.82) is 0 Å². The number of nitrogens with zero attached hydrogens (tertiary/aromatic N) is 1. The van der Waals surface area contributed by atoms with Gasteiger partial charge in [-0.15, -0.1) is 0 Å². The van der Waals surface area contributed by atoms with Crippen LogP contribution in [0.2, 0.25) is 0 Å². The van der Waals surface area contributed by atoms with E-state index in [1.54, 1.807) is 4.90 Å². The van der Waals surface area contributed by atoms with Crippen molar-refractivity contribution in [2.24, 2.45) is 5.92 Å². The van der Waals surface area contributed by atoms with Gasteiger partial charge in [0.05, 0.1) is 29.2 Å². The van der Waals surface area contributed by atoms with Crippen molar-refractivity contribution in [3.63, 3.8) is 0 Å². The molecule has 2 aromatic rings. The molecule has 0 spiro atoms. The van der Waals surface area contributed by atoms with Crippen molar-refractivity contribution in [2.45, 2.75) is 89.3 Å². The highest BCUT2D eigenvalue weighted by atomic mass is 16.6. The van der Waals surface area contributed by atoms with E-state index in [1.807, 2.05) is 0 Å². The zero-order chi connectivity index (χ0) is 39.6. The number of aromatic carboxylic acids is 1. The fourth-order valence-corrected chi connectivity index (χ4v) is 7.21. The third-order valence-electron chi connectivity index (χ3n) is 11.0. The van der Waals surface area contributed by atoms with Crippen LogP contribution in [0.25, 0.3) is 0 Å². The number of fused-ring (bicyclic) bond motifs is 2. The van der Waals surface area contributed by atoms with Gasteiger partial charge < -0.3 is 60.7 Å². The number of likely N-dealkylation sites (tertiary alicyclic amines) is 1. The van der Waals surface area contributed by atoms with Crippen LogP contribution in [0.5, 0.6) is 23.0 Å². The molecular weight excluding hydrogens is 690 g/mol. The molecule has 3 aliphatic rings. The minimum Gasteiger partial charge on any atom is -0.507 e. The zero-order valence-electron chi connectivity index (χ0n) is 29.3. The van der Waals surface area contributed by atoms with Gasteiger partial charge in [0.2, 0.25) is 5.91 Å². The lowest BCUT2D eigenvalue weighted by Gasteiger charge is -2.62. The second kappa shape index (κ2) is 13.3. The Morgan fingerprint density at radius 1 is 0.885 bits per heavy atom. The number of aliphatic hydroxyl groups excluding tert-OH is 1. The number of phenolic OH excluding ortho intramolecular Hbond substituents is 3. The maximum Gasteiger partial charge on any atom is 0.339 e. The van der Waals surface area contributed by atoms with Crippen molar-refractivity contribution in [3.05, 3.63) is 45.0 Å². The number of aliphatic carboxylic acids is 1. The molecular formula is C35H43NO16. The number of aliphatic hydroxyl groups is 4. The molecule has 10 N–H and O–H groups in total. The van der Waals surface area contributed by atoms with Crippen LogP contribution in [0.3, 0.4) is 0 Å². The van der Waals surface area contributed by atoms with E-state index in [2.05, 4.69) is 6.92 Å². The number of unbranched alkanes of at least 4 members (excludes halogenated alkanes) is 1. The Balaban J connectivity index is 0.000000392. The first-order valence-electron chi connectivity index (χ1n) is 16.3. The number of phenols is 4. The SMILES string of the molecule is CCCCN1CC(C(=O)O)CC1=O.Cc1c(C(=O)O)c(O)cc2c1C(=O)c1c(O)c([C@@]3(C)OC(CO)[C@@](C)(O)[C@@](C)(O)C3(C)O)c(O)c(O)c1C2=O. The van der Waals surface area contributed by atoms with Gasteiger partial charge in [-0.2, -0.15) is 0 Å². The van der Waals surface area contributed by atoms with Crippen molar-refractivity contribution in [1.82, 2.24) is 4.90 Å². The van der Waals surface area contributed by atoms with E-state index in [9.17, 15) is 69.9 Å². The first kappa shape index (κ1) is 40.0. The van der Waals surface area contributed by atoms with E-state index in [0.29, 0.717) is 13.1 Å². The zero-order valence-corrected chi connectivity index (χ0v) is 29.3. The molecule has 2 fully saturated rings. The number of ketones is 2. The van der Waals surface area contributed by atoms with Crippen LogP contribution < -0.4 is 0 Å². The first-order chi connectivity index (χ1) is 23.9. The highest BCUT2D eigenvalue weighted by Crippen LogP contribution is 2.60. The summed E-state index contributed by atoms with van der Waals surface area (Å²) in [6.07, 6.45) is 0.523. The maximum absolute atomic E-state index is 13.7. The summed E-state index contributed by atoms with van der Waals surface area (Å²) >= 11 is 0. The van der Waals surface area contributed by atoms with Gasteiger partial charge in [0.25, 0.3) is 0 Å². The standard InChI is InChI=1S/C26H28O13.C9H15NO3/c1-8-12-9(6-10(28)13(8)22(34)35)17(29)14-15(18(12)30)19(31)16(21(33)20(14)32)24(3)26(5,38)25(4,37)23(2,36)11(7-27)39-24;1-2-3-4-10-6-7(9(12)13)5-8(10)11/h6,11,27-28,31-33,36-38H,7H2,1-5H3,(H,34,35);7H,2-6H2,1H3,(H,12,13)/t11?,23-,24-,25-,26?;/m1./s1. The van der Waals surface area contributed by atoms with Crippen LogP contribution in [0.1, 0.15) is 107 Å². The molecule has 284 valence electrons.